The van der Waals surface area contributed by atoms with Crippen LogP contribution in [0.5, 0.6) is 0 Å². The van der Waals surface area contributed by atoms with Gasteiger partial charge < -0.3 is 0 Å². The summed E-state index contributed by atoms with van der Waals surface area (Å²) in [5.74, 6) is 0. The van der Waals surface area contributed by atoms with Gasteiger partial charge >= 0.3 is 36.9 Å². The van der Waals surface area contributed by atoms with E-state index in [0.29, 0.717) is 0 Å². The van der Waals surface area contributed by atoms with Crippen LogP contribution in [-0.4, -0.2) is 0 Å². The van der Waals surface area contributed by atoms with Crippen molar-refractivity contribution in [2.75, 3.05) is 0 Å². The monoisotopic (exact) mass is 186 g/mol. The normalized spacial score (nSPS) is 3.40. The van der Waals surface area contributed by atoms with E-state index in [0.717, 1.165) is 0 Å². The summed E-state index contributed by atoms with van der Waals surface area (Å²) in [6.07, 6.45) is 0. The molecule has 0 N–H and O–H groups in total. The minimum atomic E-state index is -2.93. The van der Waals surface area contributed by atoms with Crippen LogP contribution in [0, 0.1) is 0 Å². The molecule has 0 bridgehead atoms. The molecule has 0 atom stereocenters. The molecule has 0 fully saturated rings. The fourth-order valence-corrected chi connectivity index (χ4v) is 0. The molecule has 0 saturated heterocycles. The van der Waals surface area contributed by atoms with Gasteiger partial charge in [0.15, 0.2) is 0 Å². The zero-order valence-electron chi connectivity index (χ0n) is 2.28. The molecule has 5 heteroatoms. The van der Waals surface area contributed by atoms with Crippen LogP contribution in [0.15, 0.2) is 0 Å². The molecule has 0 aliphatic rings. The van der Waals surface area contributed by atoms with Gasteiger partial charge in [-0.05, 0) is 0 Å². The molecular formula is HCl3OZn. The molecule has 0 aromatic heterocycles. The Kier molecular flexibility index (Phi) is 10.1. The summed E-state index contributed by atoms with van der Waals surface area (Å²) in [7, 11) is 9.39. The minimum absolute atomic E-state index is 0. The quantitative estimate of drug-likeness (QED) is 0.529. The number of hydrogen-bond acceptors (Lipinski definition) is 1. The molecule has 0 rings (SSSR count). The van der Waals surface area contributed by atoms with Crippen molar-refractivity contribution in [2.45, 2.75) is 0 Å². The molecule has 0 saturated carbocycles. The van der Waals surface area contributed by atoms with E-state index >= 15 is 0 Å². The molecule has 5 heavy (non-hydrogen) atoms. The van der Waals surface area contributed by atoms with Crippen LogP contribution in [0.4, 0.5) is 0 Å². The van der Waals surface area contributed by atoms with Crippen molar-refractivity contribution >= 4 is 31.8 Å². The molecule has 0 aliphatic heterocycles. The second-order valence-electron chi connectivity index (χ2n) is 0.319. The fraction of sp³-hybridized carbons (Fsp3) is 0. The van der Waals surface area contributed by atoms with Gasteiger partial charge in [0.1, 0.15) is 0 Å². The van der Waals surface area contributed by atoms with Crippen molar-refractivity contribution in [2.24, 2.45) is 0 Å². The summed E-state index contributed by atoms with van der Waals surface area (Å²) in [6.45, 7) is 0. The third-order valence-electron chi connectivity index (χ3n) is 0. The van der Waals surface area contributed by atoms with Crippen LogP contribution in [0.1, 0.15) is 0 Å². The Morgan fingerprint density at radius 2 is 1.40 bits per heavy atom. The van der Waals surface area contributed by atoms with Crippen molar-refractivity contribution in [1.29, 1.82) is 0 Å². The van der Waals surface area contributed by atoms with Crippen molar-refractivity contribution in [3.63, 3.8) is 0 Å². The summed E-state index contributed by atoms with van der Waals surface area (Å²) in [5.41, 5.74) is 0. The van der Waals surface area contributed by atoms with Crippen LogP contribution < -0.4 is 0 Å². The Morgan fingerprint density at radius 3 is 1.40 bits per heavy atom. The second kappa shape index (κ2) is 5.29. The van der Waals surface area contributed by atoms with Gasteiger partial charge in [-0.3, -0.25) is 0 Å². The number of rotatable bonds is 0. The standard InChI is InChI=1S/3ClH.O.Zn/h3*1H;;/q;;;;+2/p-2. The first-order valence-corrected chi connectivity index (χ1v) is 9.83. The molecule has 30 valence electrons. The van der Waals surface area contributed by atoms with Crippen LogP contribution in [0.2, 0.25) is 0 Å². The molecule has 0 heterocycles. The van der Waals surface area contributed by atoms with Gasteiger partial charge in [0.05, 0.1) is 0 Å². The molecule has 0 aliphatic carbocycles. The summed E-state index contributed by atoms with van der Waals surface area (Å²) in [6, 6.07) is 0. The Bertz CT molecular complexity index is 29.9. The number of hydrogen-bond donors (Lipinski definition) is 0. The maximum atomic E-state index is 9.27. The van der Waals surface area contributed by atoms with E-state index < -0.39 is 13.9 Å². The Balaban J connectivity index is 0. The summed E-state index contributed by atoms with van der Waals surface area (Å²) in [5, 5.41) is 0. The van der Waals surface area contributed by atoms with E-state index in [4.69, 9.17) is 19.4 Å². The predicted octanol–water partition coefficient (Wildman–Crippen LogP) is 1.68. The van der Waals surface area contributed by atoms with E-state index in [9.17, 15) is 3.57 Å². The SMILES string of the molecule is Cl.[O]=[Zn]([Cl])[Cl]. The average Bonchev–Trinajstić information content (AvgIpc) is 0.811. The summed E-state index contributed by atoms with van der Waals surface area (Å²) >= 11 is -2.93. The van der Waals surface area contributed by atoms with E-state index in [1.807, 2.05) is 0 Å². The molecule has 1 nitrogen and oxygen atoms in total. The topological polar surface area (TPSA) is 17.1 Å². The average molecular weight is 189 g/mol. The molecule has 0 amide bonds. The van der Waals surface area contributed by atoms with Crippen molar-refractivity contribution in [3.8, 4) is 0 Å². The van der Waals surface area contributed by atoms with Gasteiger partial charge in [-0.2, -0.15) is 0 Å². The summed E-state index contributed by atoms with van der Waals surface area (Å²) in [4.78, 5) is 0. The van der Waals surface area contributed by atoms with Gasteiger partial charge in [0.25, 0.3) is 0 Å². The van der Waals surface area contributed by atoms with E-state index in [-0.39, 0.29) is 12.4 Å². The Morgan fingerprint density at radius 1 is 1.40 bits per heavy atom. The van der Waals surface area contributed by atoms with Crippen LogP contribution >= 0.6 is 31.8 Å². The fourth-order valence-electron chi connectivity index (χ4n) is 0. The van der Waals surface area contributed by atoms with Crippen LogP contribution in [-0.2, 0) is 17.5 Å². The molecule has 0 unspecified atom stereocenters. The van der Waals surface area contributed by atoms with Gasteiger partial charge in [0, 0.05) is 0 Å². The zero-order valence-corrected chi connectivity index (χ0v) is 7.58. The van der Waals surface area contributed by atoms with Gasteiger partial charge in [-0.25, -0.2) is 0 Å². The predicted molar refractivity (Wildman–Crippen MR) is 19.6 cm³/mol. The van der Waals surface area contributed by atoms with Crippen molar-refractivity contribution in [3.05, 3.63) is 0 Å². The van der Waals surface area contributed by atoms with Gasteiger partial charge in [-0.1, -0.05) is 0 Å². The van der Waals surface area contributed by atoms with Crippen LogP contribution in [0.3, 0.4) is 0 Å². The van der Waals surface area contributed by atoms with E-state index in [2.05, 4.69) is 0 Å². The first-order valence-electron chi connectivity index (χ1n) is 0.823. The summed E-state index contributed by atoms with van der Waals surface area (Å²) < 4.78 is 9.27. The van der Waals surface area contributed by atoms with E-state index in [1.165, 1.54) is 0 Å². The third kappa shape index (κ3) is 34.3. The number of halogens is 3. The molecule has 0 radical (unpaired) electrons. The molecule has 0 aromatic rings. The van der Waals surface area contributed by atoms with Crippen molar-refractivity contribution < 1.29 is 17.5 Å². The van der Waals surface area contributed by atoms with Gasteiger partial charge in [-0.15, -0.1) is 12.4 Å². The third-order valence-corrected chi connectivity index (χ3v) is 0. The zero-order chi connectivity index (χ0) is 3.58. The van der Waals surface area contributed by atoms with E-state index in [1.54, 1.807) is 0 Å². The molecule has 0 aromatic carbocycles. The first kappa shape index (κ1) is 9.57. The Hall–Kier alpha value is 1.29. The molecule has 0 spiro atoms. The second-order valence-corrected chi connectivity index (χ2v) is 8.13. The molecular weight excluding hydrogens is 188 g/mol. The van der Waals surface area contributed by atoms with Crippen molar-refractivity contribution in [1.82, 2.24) is 0 Å². The first-order chi connectivity index (χ1) is 1.73. The maximum absolute atomic E-state index is 9.27. The Labute approximate surface area is 49.3 Å². The van der Waals surface area contributed by atoms with Gasteiger partial charge in [0.2, 0.25) is 0 Å². The van der Waals surface area contributed by atoms with Crippen LogP contribution in [0.25, 0.3) is 0 Å².